The minimum atomic E-state index is -1.50. The Labute approximate surface area is 162 Å². The predicted molar refractivity (Wildman–Crippen MR) is 116 cm³/mol. The maximum atomic E-state index is 5.90. The van der Waals surface area contributed by atoms with Crippen LogP contribution in [0, 0.1) is 5.92 Å². The lowest BCUT2D eigenvalue weighted by Gasteiger charge is -2.20. The number of allylic oxidation sites excluding steroid dienone is 3. The van der Waals surface area contributed by atoms with E-state index in [4.69, 9.17) is 9.16 Å². The summed E-state index contributed by atoms with van der Waals surface area (Å²) in [6.07, 6.45) is 7.92. The summed E-state index contributed by atoms with van der Waals surface area (Å²) in [5.41, 5.74) is 2.72. The van der Waals surface area contributed by atoms with Crippen LogP contribution in [0.3, 0.4) is 0 Å². The second kappa shape index (κ2) is 12.1. The van der Waals surface area contributed by atoms with Gasteiger partial charge in [-0.05, 0) is 63.7 Å². The molecule has 0 bridgehead atoms. The highest BCUT2D eigenvalue weighted by Gasteiger charge is 2.16. The standard InChI is InChI=1S/C23H38O2Si/c1-20(13-11-15-22(3)25-26(4,5)6)12-10-14-21(2)18-24-19-23-16-8-7-9-17-23/h7-9,13,16-17,21H,3,10-12,14-15,18-19H2,1-2,4-6H3. The van der Waals surface area contributed by atoms with Crippen LogP contribution in [0.4, 0.5) is 0 Å². The number of ether oxygens (including phenoxy) is 1. The molecule has 3 heteroatoms. The molecule has 1 unspecified atom stereocenters. The van der Waals surface area contributed by atoms with Gasteiger partial charge in [-0.15, -0.1) is 0 Å². The molecule has 1 rings (SSSR count). The van der Waals surface area contributed by atoms with Crippen molar-refractivity contribution in [3.05, 3.63) is 59.9 Å². The molecule has 0 heterocycles. The second-order valence-corrected chi connectivity index (χ2v) is 12.8. The molecular weight excluding hydrogens is 336 g/mol. The van der Waals surface area contributed by atoms with Crippen LogP contribution in [0.1, 0.15) is 51.5 Å². The first-order valence-electron chi connectivity index (χ1n) is 9.90. The first-order valence-corrected chi connectivity index (χ1v) is 13.3. The Morgan fingerprint density at radius 2 is 1.85 bits per heavy atom. The van der Waals surface area contributed by atoms with E-state index in [0.717, 1.165) is 25.2 Å². The van der Waals surface area contributed by atoms with E-state index in [1.807, 2.05) is 6.07 Å². The Bertz CT molecular complexity index is 543. The van der Waals surface area contributed by atoms with Crippen LogP contribution in [0.5, 0.6) is 0 Å². The molecule has 0 aromatic heterocycles. The quantitative estimate of drug-likeness (QED) is 0.208. The maximum absolute atomic E-state index is 5.90. The molecule has 1 aromatic rings. The van der Waals surface area contributed by atoms with Gasteiger partial charge in [0.25, 0.3) is 0 Å². The van der Waals surface area contributed by atoms with Crippen molar-refractivity contribution in [2.45, 2.75) is 72.2 Å². The van der Waals surface area contributed by atoms with E-state index < -0.39 is 8.32 Å². The summed E-state index contributed by atoms with van der Waals surface area (Å²) in [5, 5.41) is 0. The van der Waals surface area contributed by atoms with Gasteiger partial charge in [0.1, 0.15) is 0 Å². The highest BCUT2D eigenvalue weighted by molar-refractivity contribution is 6.70. The molecule has 0 saturated heterocycles. The van der Waals surface area contributed by atoms with Gasteiger partial charge in [0, 0.05) is 13.0 Å². The zero-order valence-electron chi connectivity index (χ0n) is 17.5. The van der Waals surface area contributed by atoms with Crippen LogP contribution in [0.25, 0.3) is 0 Å². The van der Waals surface area contributed by atoms with Gasteiger partial charge < -0.3 is 9.16 Å². The lowest BCUT2D eigenvalue weighted by Crippen LogP contribution is -2.24. The molecule has 0 spiro atoms. The van der Waals surface area contributed by atoms with E-state index in [9.17, 15) is 0 Å². The highest BCUT2D eigenvalue weighted by Crippen LogP contribution is 2.17. The van der Waals surface area contributed by atoms with Crippen LogP contribution in [-0.4, -0.2) is 14.9 Å². The fourth-order valence-corrected chi connectivity index (χ4v) is 3.80. The Hall–Kier alpha value is -1.32. The fourth-order valence-electron chi connectivity index (χ4n) is 2.83. The summed E-state index contributed by atoms with van der Waals surface area (Å²) in [4.78, 5) is 0. The molecule has 0 N–H and O–H groups in total. The summed E-state index contributed by atoms with van der Waals surface area (Å²) in [5.74, 6) is 1.55. The number of rotatable bonds is 13. The van der Waals surface area contributed by atoms with Crippen molar-refractivity contribution in [2.24, 2.45) is 5.92 Å². The van der Waals surface area contributed by atoms with E-state index in [2.05, 4.69) is 70.4 Å². The lowest BCUT2D eigenvalue weighted by molar-refractivity contribution is 0.0889. The Balaban J connectivity index is 2.10. The zero-order valence-corrected chi connectivity index (χ0v) is 18.5. The largest absolute Gasteiger partial charge is 0.548 e. The number of hydrogen-bond acceptors (Lipinski definition) is 2. The first-order chi connectivity index (χ1) is 12.3. The molecule has 0 aliphatic heterocycles. The molecule has 146 valence electrons. The van der Waals surface area contributed by atoms with Crippen LogP contribution >= 0.6 is 0 Å². The van der Waals surface area contributed by atoms with E-state index >= 15 is 0 Å². The molecule has 0 fully saturated rings. The van der Waals surface area contributed by atoms with Gasteiger partial charge in [-0.3, -0.25) is 0 Å². The van der Waals surface area contributed by atoms with Gasteiger partial charge in [0.2, 0.25) is 8.32 Å². The monoisotopic (exact) mass is 374 g/mol. The third-order valence-electron chi connectivity index (χ3n) is 4.15. The van der Waals surface area contributed by atoms with Gasteiger partial charge in [-0.25, -0.2) is 0 Å². The molecule has 26 heavy (non-hydrogen) atoms. The van der Waals surface area contributed by atoms with Crippen LogP contribution in [-0.2, 0) is 15.8 Å². The van der Waals surface area contributed by atoms with Crippen LogP contribution < -0.4 is 0 Å². The molecule has 0 saturated carbocycles. The van der Waals surface area contributed by atoms with Crippen molar-refractivity contribution in [3.63, 3.8) is 0 Å². The van der Waals surface area contributed by atoms with Crippen LogP contribution in [0.2, 0.25) is 19.6 Å². The Morgan fingerprint density at radius 3 is 2.50 bits per heavy atom. The average Bonchev–Trinajstić information content (AvgIpc) is 2.54. The third kappa shape index (κ3) is 12.1. The predicted octanol–water partition coefficient (Wildman–Crippen LogP) is 7.10. The first kappa shape index (κ1) is 22.7. The summed E-state index contributed by atoms with van der Waals surface area (Å²) in [7, 11) is -1.50. The van der Waals surface area contributed by atoms with Crippen molar-refractivity contribution in [2.75, 3.05) is 6.61 Å². The molecule has 0 aliphatic carbocycles. The lowest BCUT2D eigenvalue weighted by atomic mass is 10.0. The average molecular weight is 375 g/mol. The van der Waals surface area contributed by atoms with Gasteiger partial charge in [0.15, 0.2) is 0 Å². The fraction of sp³-hybridized carbons (Fsp3) is 0.565. The van der Waals surface area contributed by atoms with Crippen LogP contribution in [0.15, 0.2) is 54.3 Å². The summed E-state index contributed by atoms with van der Waals surface area (Å²) in [6.45, 7) is 16.7. The maximum Gasteiger partial charge on any atom is 0.241 e. The topological polar surface area (TPSA) is 18.5 Å². The Kier molecular flexibility index (Phi) is 10.6. The number of benzene rings is 1. The van der Waals surface area contributed by atoms with Gasteiger partial charge in [-0.2, -0.15) is 0 Å². The summed E-state index contributed by atoms with van der Waals surface area (Å²) in [6, 6.07) is 10.4. The van der Waals surface area contributed by atoms with Crippen molar-refractivity contribution in [1.29, 1.82) is 0 Å². The molecule has 0 aliphatic rings. The molecule has 1 atom stereocenters. The van der Waals surface area contributed by atoms with Crippen molar-refractivity contribution in [3.8, 4) is 0 Å². The molecule has 0 radical (unpaired) electrons. The van der Waals surface area contributed by atoms with Gasteiger partial charge in [0.05, 0.1) is 12.4 Å². The normalized spacial score (nSPS) is 13.5. The van der Waals surface area contributed by atoms with Gasteiger partial charge in [-0.1, -0.05) is 55.5 Å². The number of hydrogen-bond donors (Lipinski definition) is 0. The van der Waals surface area contributed by atoms with E-state index in [1.54, 1.807) is 0 Å². The minimum absolute atomic E-state index is 0.608. The summed E-state index contributed by atoms with van der Waals surface area (Å²) < 4.78 is 11.7. The minimum Gasteiger partial charge on any atom is -0.548 e. The van der Waals surface area contributed by atoms with Crippen molar-refractivity contribution >= 4 is 8.32 Å². The highest BCUT2D eigenvalue weighted by atomic mass is 28.4. The van der Waals surface area contributed by atoms with Gasteiger partial charge >= 0.3 is 0 Å². The zero-order chi connectivity index (χ0) is 19.4. The van der Waals surface area contributed by atoms with E-state index in [0.29, 0.717) is 12.5 Å². The molecule has 1 aromatic carbocycles. The van der Waals surface area contributed by atoms with Crippen molar-refractivity contribution in [1.82, 2.24) is 0 Å². The van der Waals surface area contributed by atoms with E-state index in [1.165, 1.54) is 30.4 Å². The third-order valence-corrected chi connectivity index (χ3v) is 5.05. The Morgan fingerprint density at radius 1 is 1.15 bits per heavy atom. The summed E-state index contributed by atoms with van der Waals surface area (Å²) >= 11 is 0. The smallest absolute Gasteiger partial charge is 0.241 e. The second-order valence-electron chi connectivity index (χ2n) is 8.34. The molecule has 0 amide bonds. The van der Waals surface area contributed by atoms with E-state index in [-0.39, 0.29) is 0 Å². The molecule has 2 nitrogen and oxygen atoms in total. The molecular formula is C23H38O2Si. The van der Waals surface area contributed by atoms with Crippen molar-refractivity contribution < 1.29 is 9.16 Å². The SMILES string of the molecule is C=C(CCC=C(C)CCCC(C)COCc1ccccc1)O[Si](C)(C)C.